The third-order valence-corrected chi connectivity index (χ3v) is 8.79. The zero-order valence-electron chi connectivity index (χ0n) is 18.6. The van der Waals surface area contributed by atoms with Gasteiger partial charge in [-0.3, -0.25) is 4.79 Å². The Hall–Kier alpha value is -1.55. The van der Waals surface area contributed by atoms with Gasteiger partial charge >= 0.3 is 5.97 Å². The number of hydrogen-bond acceptors (Lipinski definition) is 3. The molecule has 0 aromatic carbocycles. The van der Waals surface area contributed by atoms with Crippen molar-refractivity contribution in [2.75, 3.05) is 6.54 Å². The number of hydrogen-bond donors (Lipinski definition) is 1. The smallest absolute Gasteiger partial charge is 0.315 e. The minimum atomic E-state index is 0.0207. The number of quaternary nitrogens is 1. The Bertz CT molecular complexity index is 784. The minimum Gasteiger partial charge on any atom is -0.469 e. The average molecular weight is 413 g/mol. The van der Waals surface area contributed by atoms with E-state index in [1.165, 1.54) is 44.9 Å². The first-order valence-corrected chi connectivity index (χ1v) is 12.3. The highest BCUT2D eigenvalue weighted by Gasteiger charge is 2.52. The van der Waals surface area contributed by atoms with Gasteiger partial charge in [-0.15, -0.1) is 0 Å². The van der Waals surface area contributed by atoms with E-state index >= 15 is 0 Å². The number of ether oxygens (including phenoxy) is 1. The summed E-state index contributed by atoms with van der Waals surface area (Å²) in [7, 11) is 0. The van der Waals surface area contributed by atoms with Gasteiger partial charge in [0.05, 0.1) is 18.8 Å². The number of carbonyl (C=O) groups excluding carboxylic acids is 1. The number of carbonyl (C=O) groups is 1. The Morgan fingerprint density at radius 1 is 1.20 bits per heavy atom. The molecular formula is C26H38NO3+. The number of nitrogens with two attached hydrogens (primary N) is 1. The summed E-state index contributed by atoms with van der Waals surface area (Å²) in [5.74, 6) is 2.75. The fourth-order valence-electron chi connectivity index (χ4n) is 7.12. The van der Waals surface area contributed by atoms with Crippen molar-refractivity contribution in [1.82, 2.24) is 0 Å². The summed E-state index contributed by atoms with van der Waals surface area (Å²) >= 11 is 0. The highest BCUT2D eigenvalue weighted by atomic mass is 16.6. The third kappa shape index (κ3) is 3.77. The number of rotatable bonds is 5. The maximum Gasteiger partial charge on any atom is 0.315 e. The first-order chi connectivity index (χ1) is 14.5. The molecule has 5 rings (SSSR count). The summed E-state index contributed by atoms with van der Waals surface area (Å²) in [5.41, 5.74) is 1.86. The summed E-state index contributed by atoms with van der Waals surface area (Å²) in [4.78, 5) is 12.9. The lowest BCUT2D eigenvalue weighted by Gasteiger charge is -2.45. The van der Waals surface area contributed by atoms with E-state index in [0.717, 1.165) is 25.1 Å². The molecule has 4 nitrogen and oxygen atoms in total. The largest absolute Gasteiger partial charge is 0.469 e. The van der Waals surface area contributed by atoms with Gasteiger partial charge in [0.1, 0.15) is 17.8 Å². The van der Waals surface area contributed by atoms with E-state index in [1.54, 1.807) is 11.8 Å². The fourth-order valence-corrected chi connectivity index (χ4v) is 7.12. The Morgan fingerprint density at radius 3 is 2.90 bits per heavy atom. The summed E-state index contributed by atoms with van der Waals surface area (Å²) < 4.78 is 11.6. The summed E-state index contributed by atoms with van der Waals surface area (Å²) in [5, 5.41) is 2.48. The molecular weight excluding hydrogens is 374 g/mol. The summed E-state index contributed by atoms with van der Waals surface area (Å²) in [6.45, 7) is 5.65. The SMILES string of the molecule is C[C@H]1CCC[C@]2(C)C[C@H]3OC(=O)[C@H](C[NH2+][C@H]4CCCC[C@H]4Cc4ccco4)[C@H]3C=C12. The molecule has 0 spiro atoms. The molecule has 1 aromatic rings. The van der Waals surface area contributed by atoms with Crippen LogP contribution >= 0.6 is 0 Å². The minimum absolute atomic E-state index is 0.0207. The van der Waals surface area contributed by atoms with Gasteiger partial charge in [0, 0.05) is 18.3 Å². The molecule has 164 valence electrons. The van der Waals surface area contributed by atoms with Crippen molar-refractivity contribution in [2.45, 2.75) is 83.8 Å². The molecule has 4 aliphatic rings. The topological polar surface area (TPSA) is 56.0 Å². The molecule has 2 N–H and O–H groups in total. The predicted molar refractivity (Wildman–Crippen MR) is 116 cm³/mol. The van der Waals surface area contributed by atoms with Crippen molar-refractivity contribution in [3.05, 3.63) is 35.8 Å². The van der Waals surface area contributed by atoms with E-state index in [4.69, 9.17) is 9.15 Å². The zero-order valence-corrected chi connectivity index (χ0v) is 18.6. The Kier molecular flexibility index (Phi) is 5.55. The molecule has 1 aliphatic heterocycles. The Morgan fingerprint density at radius 2 is 2.07 bits per heavy atom. The van der Waals surface area contributed by atoms with Crippen molar-refractivity contribution < 1.29 is 19.3 Å². The zero-order chi connectivity index (χ0) is 20.7. The molecule has 0 radical (unpaired) electrons. The quantitative estimate of drug-likeness (QED) is 0.581. The lowest BCUT2D eigenvalue weighted by Crippen LogP contribution is -2.93. The molecule has 2 heterocycles. The highest BCUT2D eigenvalue weighted by Crippen LogP contribution is 2.53. The normalized spacial score (nSPS) is 41.0. The summed E-state index contributed by atoms with van der Waals surface area (Å²) in [6, 6.07) is 4.68. The van der Waals surface area contributed by atoms with Crippen molar-refractivity contribution in [2.24, 2.45) is 29.1 Å². The van der Waals surface area contributed by atoms with E-state index in [-0.39, 0.29) is 29.3 Å². The van der Waals surface area contributed by atoms with Crippen molar-refractivity contribution in [1.29, 1.82) is 0 Å². The van der Waals surface area contributed by atoms with Gasteiger partial charge in [-0.1, -0.05) is 38.3 Å². The first-order valence-electron chi connectivity index (χ1n) is 12.3. The van der Waals surface area contributed by atoms with E-state index in [2.05, 4.69) is 31.3 Å². The van der Waals surface area contributed by atoms with Crippen LogP contribution in [0.1, 0.15) is 71.0 Å². The Labute approximate surface area is 180 Å². The maximum absolute atomic E-state index is 12.9. The van der Waals surface area contributed by atoms with E-state index in [9.17, 15) is 4.79 Å². The van der Waals surface area contributed by atoms with Gasteiger partial charge < -0.3 is 14.5 Å². The lowest BCUT2D eigenvalue weighted by atomic mass is 9.59. The predicted octanol–water partition coefficient (Wildman–Crippen LogP) is 4.26. The second-order valence-electron chi connectivity index (χ2n) is 10.8. The number of fused-ring (bicyclic) bond motifs is 2. The Balaban J connectivity index is 1.28. The van der Waals surface area contributed by atoms with Gasteiger partial charge in [0.2, 0.25) is 0 Å². The molecule has 0 bridgehead atoms. The van der Waals surface area contributed by atoms with Crippen LogP contribution in [0, 0.1) is 29.1 Å². The second-order valence-corrected chi connectivity index (χ2v) is 10.8. The molecule has 2 saturated carbocycles. The van der Waals surface area contributed by atoms with Crippen molar-refractivity contribution in [3.63, 3.8) is 0 Å². The maximum atomic E-state index is 12.9. The van der Waals surface area contributed by atoms with Crippen LogP contribution in [0.25, 0.3) is 0 Å². The van der Waals surface area contributed by atoms with Crippen molar-refractivity contribution >= 4 is 5.97 Å². The van der Waals surface area contributed by atoms with Crippen LogP contribution in [0.2, 0.25) is 0 Å². The van der Waals surface area contributed by atoms with Crippen LogP contribution in [0.15, 0.2) is 34.5 Å². The van der Waals surface area contributed by atoms with Crippen LogP contribution < -0.4 is 5.32 Å². The van der Waals surface area contributed by atoms with Crippen LogP contribution in [-0.4, -0.2) is 24.7 Å². The van der Waals surface area contributed by atoms with E-state index < -0.39 is 0 Å². The number of furan rings is 1. The molecule has 4 heteroatoms. The molecule has 0 amide bonds. The van der Waals surface area contributed by atoms with Gasteiger partial charge in [-0.05, 0) is 62.0 Å². The lowest BCUT2D eigenvalue weighted by molar-refractivity contribution is -0.702. The second kappa shape index (κ2) is 8.18. The number of allylic oxidation sites excluding steroid dienone is 1. The first kappa shape index (κ1) is 20.4. The molecule has 3 fully saturated rings. The van der Waals surface area contributed by atoms with Gasteiger partial charge in [0.15, 0.2) is 0 Å². The summed E-state index contributed by atoms with van der Waals surface area (Å²) in [6.07, 6.45) is 15.4. The molecule has 3 aliphatic carbocycles. The molecule has 1 saturated heterocycles. The van der Waals surface area contributed by atoms with Crippen LogP contribution in [0.4, 0.5) is 0 Å². The molecule has 1 aromatic heterocycles. The van der Waals surface area contributed by atoms with Crippen LogP contribution in [0.3, 0.4) is 0 Å². The van der Waals surface area contributed by atoms with E-state index in [0.29, 0.717) is 17.9 Å². The number of esters is 1. The monoisotopic (exact) mass is 412 g/mol. The molecule has 30 heavy (non-hydrogen) atoms. The molecule has 7 atom stereocenters. The molecule has 0 unspecified atom stereocenters. The van der Waals surface area contributed by atoms with Crippen LogP contribution in [0.5, 0.6) is 0 Å². The van der Waals surface area contributed by atoms with Gasteiger partial charge in [0.25, 0.3) is 0 Å². The van der Waals surface area contributed by atoms with Gasteiger partial charge in [-0.2, -0.15) is 0 Å². The standard InChI is InChI=1S/C26H37NO3/c1-17-7-5-11-26(2)15-24-20(14-22(17)26)21(25(28)30-24)16-27-23-10-4-3-8-18(23)13-19-9-6-12-29-19/h6,9,12,14,17-18,20-21,23-24,27H,3-5,7-8,10-11,13,15-16H2,1-2H3/p+1/t17-,18-,20+,21+,23-,24+,26+/m0/s1. The third-order valence-electron chi connectivity index (χ3n) is 8.79. The highest BCUT2D eigenvalue weighted by molar-refractivity contribution is 5.76. The van der Waals surface area contributed by atoms with Gasteiger partial charge in [-0.25, -0.2) is 0 Å². The fraction of sp³-hybridized carbons (Fsp3) is 0.731. The van der Waals surface area contributed by atoms with E-state index in [1.807, 2.05) is 6.07 Å². The van der Waals surface area contributed by atoms with Crippen LogP contribution in [-0.2, 0) is 16.0 Å². The average Bonchev–Trinajstić information content (AvgIpc) is 3.33. The van der Waals surface area contributed by atoms with Crippen molar-refractivity contribution in [3.8, 4) is 0 Å².